The van der Waals surface area contributed by atoms with Crippen LogP contribution >= 0.6 is 11.3 Å². The van der Waals surface area contributed by atoms with Gasteiger partial charge in [0.05, 0.1) is 0 Å². The van der Waals surface area contributed by atoms with Crippen LogP contribution in [0.5, 0.6) is 0 Å². The third-order valence-electron chi connectivity index (χ3n) is 3.56. The summed E-state index contributed by atoms with van der Waals surface area (Å²) in [6.45, 7) is 4.16. The quantitative estimate of drug-likeness (QED) is 0.657. The monoisotopic (exact) mass is 293 g/mol. The van der Waals surface area contributed by atoms with Crippen LogP contribution in [0.3, 0.4) is 0 Å². The predicted octanol–water partition coefficient (Wildman–Crippen LogP) is 4.66. The number of nitrogens with zero attached hydrogens (tertiary/aromatic N) is 1. The van der Waals surface area contributed by atoms with Gasteiger partial charge in [-0.3, -0.25) is 4.79 Å². The van der Waals surface area contributed by atoms with E-state index < -0.39 is 0 Å². The molecule has 0 spiro atoms. The van der Waals surface area contributed by atoms with Gasteiger partial charge >= 0.3 is 0 Å². The summed E-state index contributed by atoms with van der Waals surface area (Å²) in [5, 5.41) is 2.36. The second-order valence-electron chi connectivity index (χ2n) is 5.01. The summed E-state index contributed by atoms with van der Waals surface area (Å²) in [5.41, 5.74) is 5.34. The highest BCUT2D eigenvalue weighted by molar-refractivity contribution is 7.11. The summed E-state index contributed by atoms with van der Waals surface area (Å²) in [6, 6.07) is 14.1. The summed E-state index contributed by atoms with van der Waals surface area (Å²) in [5.74, 6) is -0.0140. The van der Waals surface area contributed by atoms with E-state index in [-0.39, 0.29) is 5.78 Å². The van der Waals surface area contributed by atoms with Crippen molar-refractivity contribution in [1.82, 2.24) is 4.98 Å². The molecule has 104 valence electrons. The molecule has 3 aromatic rings. The van der Waals surface area contributed by atoms with Gasteiger partial charge in [-0.2, -0.15) is 0 Å². The number of thiazole rings is 1. The van der Waals surface area contributed by atoms with Crippen molar-refractivity contribution < 1.29 is 4.79 Å². The molecule has 0 radical (unpaired) electrons. The third-order valence-corrected chi connectivity index (χ3v) is 4.33. The number of benzene rings is 2. The topological polar surface area (TPSA) is 30.0 Å². The minimum Gasteiger partial charge on any atom is -0.286 e. The lowest BCUT2D eigenvalue weighted by Gasteiger charge is -2.10. The van der Waals surface area contributed by atoms with Gasteiger partial charge in [-0.25, -0.2) is 4.98 Å². The zero-order valence-corrected chi connectivity index (χ0v) is 12.8. The van der Waals surface area contributed by atoms with E-state index >= 15 is 0 Å². The van der Waals surface area contributed by atoms with E-state index in [9.17, 15) is 4.79 Å². The Kier molecular flexibility index (Phi) is 3.67. The van der Waals surface area contributed by atoms with Crippen LogP contribution in [0.1, 0.15) is 26.5 Å². The summed E-state index contributed by atoms with van der Waals surface area (Å²) in [6.07, 6.45) is 1.66. The van der Waals surface area contributed by atoms with Gasteiger partial charge < -0.3 is 0 Å². The summed E-state index contributed by atoms with van der Waals surface area (Å²) in [7, 11) is 0. The number of carbonyl (C=O) groups excluding carboxylic acids is 1. The molecule has 0 aliphatic carbocycles. The lowest BCUT2D eigenvalue weighted by Crippen LogP contribution is -2.01. The molecular formula is C18H15NOS. The van der Waals surface area contributed by atoms with Crippen molar-refractivity contribution in [3.63, 3.8) is 0 Å². The Morgan fingerprint density at radius 1 is 1.00 bits per heavy atom. The zero-order chi connectivity index (χ0) is 14.8. The first-order chi connectivity index (χ1) is 10.2. The van der Waals surface area contributed by atoms with Crippen LogP contribution in [0.4, 0.5) is 0 Å². The Morgan fingerprint density at radius 3 is 2.48 bits per heavy atom. The van der Waals surface area contributed by atoms with E-state index in [2.05, 4.69) is 31.0 Å². The van der Waals surface area contributed by atoms with Crippen LogP contribution in [0.2, 0.25) is 0 Å². The molecule has 0 atom stereocenters. The molecule has 0 aliphatic rings. The van der Waals surface area contributed by atoms with Crippen molar-refractivity contribution in [1.29, 1.82) is 0 Å². The number of hydrogen-bond acceptors (Lipinski definition) is 3. The lowest BCUT2D eigenvalue weighted by atomic mass is 9.94. The Labute approximate surface area is 128 Å². The molecule has 0 saturated heterocycles. The molecule has 0 saturated carbocycles. The number of carbonyl (C=O) groups is 1. The van der Waals surface area contributed by atoms with Gasteiger partial charge in [0.1, 0.15) is 0 Å². The van der Waals surface area contributed by atoms with Gasteiger partial charge in [-0.1, -0.05) is 36.4 Å². The predicted molar refractivity (Wildman–Crippen MR) is 86.9 cm³/mol. The maximum atomic E-state index is 12.4. The molecule has 0 fully saturated rings. The van der Waals surface area contributed by atoms with Crippen molar-refractivity contribution in [3.8, 4) is 11.1 Å². The highest BCUT2D eigenvalue weighted by atomic mass is 32.1. The third kappa shape index (κ3) is 2.65. The highest BCUT2D eigenvalue weighted by Crippen LogP contribution is 2.28. The van der Waals surface area contributed by atoms with Crippen molar-refractivity contribution >= 4 is 17.1 Å². The zero-order valence-electron chi connectivity index (χ0n) is 12.0. The smallest absolute Gasteiger partial charge is 0.221 e. The SMILES string of the molecule is Cc1ccccc1-c1cc(C(=O)c2nccs2)ccc1C. The molecule has 0 aliphatic heterocycles. The normalized spacial score (nSPS) is 10.6. The molecular weight excluding hydrogens is 278 g/mol. The van der Waals surface area contributed by atoms with Gasteiger partial charge in [-0.05, 0) is 42.2 Å². The van der Waals surface area contributed by atoms with E-state index in [1.54, 1.807) is 6.20 Å². The molecule has 3 heteroatoms. The number of ketones is 1. The fourth-order valence-electron chi connectivity index (χ4n) is 2.39. The first kappa shape index (κ1) is 13.7. The van der Waals surface area contributed by atoms with E-state index in [0.717, 1.165) is 5.56 Å². The van der Waals surface area contributed by atoms with Gasteiger partial charge in [0, 0.05) is 17.1 Å². The van der Waals surface area contributed by atoms with Crippen LogP contribution in [-0.4, -0.2) is 10.8 Å². The van der Waals surface area contributed by atoms with E-state index in [1.165, 1.54) is 28.0 Å². The first-order valence-electron chi connectivity index (χ1n) is 6.77. The second kappa shape index (κ2) is 5.62. The van der Waals surface area contributed by atoms with E-state index in [0.29, 0.717) is 10.6 Å². The standard InChI is InChI=1S/C18H15NOS/c1-12-5-3-4-6-15(12)16-11-14(8-7-13(16)2)17(20)18-19-9-10-21-18/h3-11H,1-2H3. The molecule has 21 heavy (non-hydrogen) atoms. The molecule has 1 aromatic heterocycles. The molecule has 0 unspecified atom stereocenters. The minimum atomic E-state index is -0.0140. The van der Waals surface area contributed by atoms with E-state index in [1.807, 2.05) is 35.7 Å². The Morgan fingerprint density at radius 2 is 1.76 bits per heavy atom. The molecule has 3 rings (SSSR count). The van der Waals surface area contributed by atoms with Crippen molar-refractivity contribution in [2.75, 3.05) is 0 Å². The van der Waals surface area contributed by atoms with Crippen LogP contribution < -0.4 is 0 Å². The van der Waals surface area contributed by atoms with Crippen molar-refractivity contribution in [2.45, 2.75) is 13.8 Å². The van der Waals surface area contributed by atoms with Crippen LogP contribution in [0.25, 0.3) is 11.1 Å². The minimum absolute atomic E-state index is 0.0140. The number of aryl methyl sites for hydroxylation is 2. The summed E-state index contributed by atoms with van der Waals surface area (Å²) < 4.78 is 0. The van der Waals surface area contributed by atoms with Crippen molar-refractivity contribution in [2.24, 2.45) is 0 Å². The molecule has 2 aromatic carbocycles. The summed E-state index contributed by atoms with van der Waals surface area (Å²) >= 11 is 1.37. The van der Waals surface area contributed by atoms with Gasteiger partial charge in [-0.15, -0.1) is 11.3 Å². The van der Waals surface area contributed by atoms with Crippen molar-refractivity contribution in [3.05, 3.63) is 75.7 Å². The average Bonchev–Trinajstić information content (AvgIpc) is 3.02. The Balaban J connectivity index is 2.09. The highest BCUT2D eigenvalue weighted by Gasteiger charge is 2.14. The molecule has 2 nitrogen and oxygen atoms in total. The number of rotatable bonds is 3. The average molecular weight is 293 g/mol. The fourth-order valence-corrected chi connectivity index (χ4v) is 2.98. The summed E-state index contributed by atoms with van der Waals surface area (Å²) in [4.78, 5) is 16.5. The maximum absolute atomic E-state index is 12.4. The van der Waals surface area contributed by atoms with Gasteiger partial charge in [0.2, 0.25) is 5.78 Å². The van der Waals surface area contributed by atoms with Crippen LogP contribution in [-0.2, 0) is 0 Å². The van der Waals surface area contributed by atoms with E-state index in [4.69, 9.17) is 0 Å². The number of hydrogen-bond donors (Lipinski definition) is 0. The molecule has 0 amide bonds. The molecule has 0 N–H and O–H groups in total. The fraction of sp³-hybridized carbons (Fsp3) is 0.111. The van der Waals surface area contributed by atoms with Gasteiger partial charge in [0.25, 0.3) is 0 Å². The second-order valence-corrected chi connectivity index (χ2v) is 5.91. The van der Waals surface area contributed by atoms with Gasteiger partial charge in [0.15, 0.2) is 5.01 Å². The van der Waals surface area contributed by atoms with Crippen LogP contribution in [0.15, 0.2) is 54.0 Å². The van der Waals surface area contributed by atoms with Crippen LogP contribution in [0, 0.1) is 13.8 Å². The maximum Gasteiger partial charge on any atom is 0.221 e. The lowest BCUT2D eigenvalue weighted by molar-refractivity contribution is 0.103. The Hall–Kier alpha value is -2.26. The molecule has 1 heterocycles. The first-order valence-corrected chi connectivity index (χ1v) is 7.65. The largest absolute Gasteiger partial charge is 0.286 e. The Bertz CT molecular complexity index is 791. The number of aromatic nitrogens is 1. The molecule has 0 bridgehead atoms.